The molecule has 2 fully saturated rings. The maximum absolute atomic E-state index is 11.6. The molecule has 0 spiro atoms. The summed E-state index contributed by atoms with van der Waals surface area (Å²) in [5.74, 6) is -0.792. The smallest absolute Gasteiger partial charge is 0.306 e. The van der Waals surface area contributed by atoms with E-state index in [1.807, 2.05) is 6.20 Å². The molecule has 2 aliphatic carbocycles. The fourth-order valence-electron chi connectivity index (χ4n) is 2.99. The van der Waals surface area contributed by atoms with Gasteiger partial charge in [-0.15, -0.1) is 5.10 Å². The predicted octanol–water partition coefficient (Wildman–Crippen LogP) is 1.09. The molecule has 1 amide bonds. The van der Waals surface area contributed by atoms with Gasteiger partial charge in [0.2, 0.25) is 5.91 Å². The lowest BCUT2D eigenvalue weighted by atomic mass is 10.1. The minimum atomic E-state index is -0.809. The van der Waals surface area contributed by atoms with Crippen molar-refractivity contribution in [1.82, 2.24) is 20.3 Å². The van der Waals surface area contributed by atoms with E-state index in [0.29, 0.717) is 25.2 Å². The molecule has 3 rings (SSSR count). The number of rotatable bonds is 5. The molecule has 2 aliphatic rings. The van der Waals surface area contributed by atoms with Crippen molar-refractivity contribution < 1.29 is 14.7 Å². The molecule has 0 radical (unpaired) electrons. The summed E-state index contributed by atoms with van der Waals surface area (Å²) < 4.78 is 1.75. The highest BCUT2D eigenvalue weighted by Crippen LogP contribution is 2.40. The van der Waals surface area contributed by atoms with Crippen LogP contribution in [0.15, 0.2) is 6.20 Å². The minimum absolute atomic E-state index is 0.0569. The van der Waals surface area contributed by atoms with Crippen molar-refractivity contribution in [3.8, 4) is 0 Å². The first-order chi connectivity index (χ1) is 10.1. The average Bonchev–Trinajstić information content (AvgIpc) is 3.04. The molecule has 0 saturated heterocycles. The molecule has 114 valence electrons. The molecule has 1 aromatic heterocycles. The van der Waals surface area contributed by atoms with Crippen LogP contribution in [0.1, 0.15) is 56.7 Å². The number of nitrogens with zero attached hydrogens (tertiary/aromatic N) is 3. The molecule has 2 N–H and O–H groups in total. The Bertz CT molecular complexity index is 552. The first-order valence-electron chi connectivity index (χ1n) is 7.52. The summed E-state index contributed by atoms with van der Waals surface area (Å²) in [5, 5.41) is 20.5. The van der Waals surface area contributed by atoms with Gasteiger partial charge >= 0.3 is 5.97 Å². The van der Waals surface area contributed by atoms with Crippen molar-refractivity contribution in [2.45, 2.75) is 57.0 Å². The standard InChI is InChI=1S/C14H20N4O3/c1-2-13(19)15-10-5-9(14(20)21)6-12(10)18-7-11(16-17-18)8-3-4-8/h7-10,12H,2-6H2,1H3,(H,15,19)(H,20,21)/t9?,10-,12+/m1/s1. The van der Waals surface area contributed by atoms with Gasteiger partial charge in [-0.2, -0.15) is 0 Å². The van der Waals surface area contributed by atoms with E-state index in [4.69, 9.17) is 0 Å². The highest BCUT2D eigenvalue weighted by molar-refractivity contribution is 5.76. The van der Waals surface area contributed by atoms with Crippen LogP contribution < -0.4 is 5.32 Å². The van der Waals surface area contributed by atoms with E-state index in [9.17, 15) is 14.7 Å². The molecular formula is C14H20N4O3. The Kier molecular flexibility index (Phi) is 3.65. The van der Waals surface area contributed by atoms with Gasteiger partial charge in [0.25, 0.3) is 0 Å². The highest BCUT2D eigenvalue weighted by atomic mass is 16.4. The Morgan fingerprint density at radius 3 is 2.81 bits per heavy atom. The average molecular weight is 292 g/mol. The molecule has 7 heteroatoms. The number of carbonyl (C=O) groups excluding carboxylic acids is 1. The number of aromatic nitrogens is 3. The number of carboxylic acids is 1. The van der Waals surface area contributed by atoms with Crippen LogP contribution in [-0.2, 0) is 9.59 Å². The van der Waals surface area contributed by atoms with Gasteiger partial charge in [0.1, 0.15) is 0 Å². The van der Waals surface area contributed by atoms with Gasteiger partial charge < -0.3 is 10.4 Å². The Morgan fingerprint density at radius 1 is 1.43 bits per heavy atom. The molecule has 3 atom stereocenters. The predicted molar refractivity (Wildman–Crippen MR) is 73.6 cm³/mol. The van der Waals surface area contributed by atoms with Gasteiger partial charge in [-0.1, -0.05) is 12.1 Å². The third kappa shape index (κ3) is 2.91. The van der Waals surface area contributed by atoms with Crippen LogP contribution in [0.2, 0.25) is 0 Å². The Labute approximate surface area is 122 Å². The Hall–Kier alpha value is -1.92. The third-order valence-electron chi connectivity index (χ3n) is 4.41. The Balaban J connectivity index is 1.77. The number of amides is 1. The van der Waals surface area contributed by atoms with E-state index >= 15 is 0 Å². The SMILES string of the molecule is CCC(=O)N[C@@H]1CC(C(=O)O)C[C@@H]1n1cc(C2CC2)nn1. The first-order valence-corrected chi connectivity index (χ1v) is 7.52. The van der Waals surface area contributed by atoms with Crippen LogP contribution in [0.5, 0.6) is 0 Å². The molecule has 0 aliphatic heterocycles. The zero-order chi connectivity index (χ0) is 15.0. The molecule has 1 aromatic rings. The normalized spacial score (nSPS) is 28.5. The van der Waals surface area contributed by atoms with Gasteiger partial charge in [-0.3, -0.25) is 9.59 Å². The molecule has 2 saturated carbocycles. The van der Waals surface area contributed by atoms with Crippen molar-refractivity contribution in [2.75, 3.05) is 0 Å². The molecular weight excluding hydrogens is 272 g/mol. The van der Waals surface area contributed by atoms with Crippen LogP contribution >= 0.6 is 0 Å². The van der Waals surface area contributed by atoms with Gasteiger partial charge in [0, 0.05) is 18.5 Å². The summed E-state index contributed by atoms with van der Waals surface area (Å²) in [6.07, 6.45) is 5.54. The molecule has 1 heterocycles. The van der Waals surface area contributed by atoms with Crippen molar-refractivity contribution in [3.63, 3.8) is 0 Å². The highest BCUT2D eigenvalue weighted by Gasteiger charge is 2.40. The maximum Gasteiger partial charge on any atom is 0.306 e. The number of nitrogens with one attached hydrogen (secondary N) is 1. The van der Waals surface area contributed by atoms with Crippen molar-refractivity contribution in [1.29, 1.82) is 0 Å². The summed E-state index contributed by atoms with van der Waals surface area (Å²) >= 11 is 0. The number of carbonyl (C=O) groups is 2. The second-order valence-electron chi connectivity index (χ2n) is 6.00. The van der Waals surface area contributed by atoms with Crippen LogP contribution in [0, 0.1) is 5.92 Å². The van der Waals surface area contributed by atoms with Crippen LogP contribution in [-0.4, -0.2) is 38.0 Å². The molecule has 21 heavy (non-hydrogen) atoms. The van der Waals surface area contributed by atoms with Gasteiger partial charge in [0.15, 0.2) is 0 Å². The van der Waals surface area contributed by atoms with Gasteiger partial charge in [0.05, 0.1) is 23.7 Å². The zero-order valence-electron chi connectivity index (χ0n) is 12.0. The van der Waals surface area contributed by atoms with Crippen LogP contribution in [0.4, 0.5) is 0 Å². The van der Waals surface area contributed by atoms with Crippen molar-refractivity contribution >= 4 is 11.9 Å². The summed E-state index contributed by atoms with van der Waals surface area (Å²) in [6.45, 7) is 1.79. The Morgan fingerprint density at radius 2 is 2.19 bits per heavy atom. The number of hydrogen-bond acceptors (Lipinski definition) is 4. The van der Waals surface area contributed by atoms with Gasteiger partial charge in [-0.05, 0) is 25.7 Å². The van der Waals surface area contributed by atoms with E-state index in [1.165, 1.54) is 0 Å². The first kappa shape index (κ1) is 14.0. The fourth-order valence-corrected chi connectivity index (χ4v) is 2.99. The lowest BCUT2D eigenvalue weighted by molar-refractivity contribution is -0.141. The van der Waals surface area contributed by atoms with Crippen LogP contribution in [0.25, 0.3) is 0 Å². The molecule has 1 unspecified atom stereocenters. The van der Waals surface area contributed by atoms with E-state index in [-0.39, 0.29) is 18.0 Å². The lowest BCUT2D eigenvalue weighted by Gasteiger charge is -2.20. The third-order valence-corrected chi connectivity index (χ3v) is 4.41. The number of hydrogen-bond donors (Lipinski definition) is 2. The van der Waals surface area contributed by atoms with Gasteiger partial charge in [-0.25, -0.2) is 4.68 Å². The second kappa shape index (κ2) is 5.46. The molecule has 0 bridgehead atoms. The zero-order valence-corrected chi connectivity index (χ0v) is 12.0. The summed E-state index contributed by atoms with van der Waals surface area (Å²) in [5.41, 5.74) is 0.981. The summed E-state index contributed by atoms with van der Waals surface area (Å²) in [6, 6.07) is -0.311. The topological polar surface area (TPSA) is 97.1 Å². The van der Waals surface area contributed by atoms with Crippen LogP contribution in [0.3, 0.4) is 0 Å². The molecule has 7 nitrogen and oxygen atoms in total. The van der Waals surface area contributed by atoms with E-state index in [1.54, 1.807) is 11.6 Å². The minimum Gasteiger partial charge on any atom is -0.481 e. The van der Waals surface area contributed by atoms with Crippen molar-refractivity contribution in [2.24, 2.45) is 5.92 Å². The van der Waals surface area contributed by atoms with Crippen molar-refractivity contribution in [3.05, 3.63) is 11.9 Å². The van der Waals surface area contributed by atoms with E-state index < -0.39 is 11.9 Å². The van der Waals surface area contributed by atoms with E-state index in [0.717, 1.165) is 18.5 Å². The molecule has 0 aromatic carbocycles. The number of carboxylic acid groups (broad SMARTS) is 1. The quantitative estimate of drug-likeness (QED) is 0.846. The second-order valence-corrected chi connectivity index (χ2v) is 6.00. The fraction of sp³-hybridized carbons (Fsp3) is 0.714. The summed E-state index contributed by atoms with van der Waals surface area (Å²) in [4.78, 5) is 22.9. The lowest BCUT2D eigenvalue weighted by Crippen LogP contribution is -2.38. The maximum atomic E-state index is 11.6. The number of aliphatic carboxylic acids is 1. The summed E-state index contributed by atoms with van der Waals surface area (Å²) in [7, 11) is 0. The van der Waals surface area contributed by atoms with E-state index in [2.05, 4.69) is 15.6 Å². The monoisotopic (exact) mass is 292 g/mol. The largest absolute Gasteiger partial charge is 0.481 e.